The first kappa shape index (κ1) is 16.5. The van der Waals surface area contributed by atoms with Crippen LogP contribution in [0.1, 0.15) is 27.6 Å². The molecule has 0 spiro atoms. The molecule has 1 aliphatic heterocycles. The molecule has 1 aliphatic rings. The van der Waals surface area contributed by atoms with E-state index < -0.39 is 0 Å². The molecule has 0 N–H and O–H groups in total. The van der Waals surface area contributed by atoms with Crippen molar-refractivity contribution in [2.75, 3.05) is 18.8 Å². The van der Waals surface area contributed by atoms with Crippen molar-refractivity contribution >= 4 is 33.6 Å². The van der Waals surface area contributed by atoms with E-state index in [-0.39, 0.29) is 17.0 Å². The molecule has 1 aromatic heterocycles. The highest BCUT2D eigenvalue weighted by molar-refractivity contribution is 9.10. The Balaban J connectivity index is 1.71. The Morgan fingerprint density at radius 2 is 2.13 bits per heavy atom. The monoisotopic (exact) mass is 394 g/mol. The minimum atomic E-state index is -0.166. The van der Waals surface area contributed by atoms with Gasteiger partial charge in [-0.25, -0.2) is 4.39 Å². The number of aromatic nitrogens is 1. The predicted molar refractivity (Wildman–Crippen MR) is 94.1 cm³/mol. The number of rotatable bonds is 2. The summed E-state index contributed by atoms with van der Waals surface area (Å²) in [7, 11) is 0. The van der Waals surface area contributed by atoms with E-state index in [0.29, 0.717) is 18.7 Å². The summed E-state index contributed by atoms with van der Waals surface area (Å²) in [5, 5.41) is 0.0923. The van der Waals surface area contributed by atoms with Crippen molar-refractivity contribution in [2.24, 2.45) is 0 Å². The first-order valence-corrected chi connectivity index (χ1v) is 9.25. The zero-order chi connectivity index (χ0) is 16.2. The van der Waals surface area contributed by atoms with Crippen molar-refractivity contribution < 1.29 is 9.18 Å². The molecular weight excluding hydrogens is 379 g/mol. The quantitative estimate of drug-likeness (QED) is 0.760. The van der Waals surface area contributed by atoms with Crippen LogP contribution in [0.4, 0.5) is 4.39 Å². The first-order valence-electron chi connectivity index (χ1n) is 7.41. The Kier molecular flexibility index (Phi) is 5.33. The summed E-state index contributed by atoms with van der Waals surface area (Å²) < 4.78 is 14.8. The van der Waals surface area contributed by atoms with Gasteiger partial charge in [0.05, 0.1) is 5.56 Å². The Hall–Kier alpha value is -1.40. The van der Waals surface area contributed by atoms with E-state index >= 15 is 0 Å². The molecule has 6 heteroatoms. The number of thioether (sulfide) groups is 1. The van der Waals surface area contributed by atoms with Crippen molar-refractivity contribution in [2.45, 2.75) is 11.7 Å². The van der Waals surface area contributed by atoms with E-state index in [1.54, 1.807) is 36.3 Å². The van der Waals surface area contributed by atoms with Gasteiger partial charge in [0.1, 0.15) is 5.82 Å². The molecule has 3 rings (SSSR count). The highest BCUT2D eigenvalue weighted by Gasteiger charge is 2.24. The number of carbonyl (C=O) groups is 1. The minimum Gasteiger partial charge on any atom is -0.338 e. The van der Waals surface area contributed by atoms with Crippen LogP contribution in [0.15, 0.2) is 47.2 Å². The predicted octanol–water partition coefficient (Wildman–Crippen LogP) is 4.30. The van der Waals surface area contributed by atoms with Gasteiger partial charge in [0, 0.05) is 46.5 Å². The van der Waals surface area contributed by atoms with Gasteiger partial charge in [-0.1, -0.05) is 18.2 Å². The van der Waals surface area contributed by atoms with E-state index in [1.165, 1.54) is 6.07 Å². The van der Waals surface area contributed by atoms with Crippen molar-refractivity contribution in [1.82, 2.24) is 9.88 Å². The molecule has 1 atom stereocenters. The second-order valence-corrected chi connectivity index (χ2v) is 7.58. The van der Waals surface area contributed by atoms with Crippen LogP contribution in [0.3, 0.4) is 0 Å². The molecule has 3 nitrogen and oxygen atoms in total. The number of benzene rings is 1. The first-order chi connectivity index (χ1) is 11.1. The summed E-state index contributed by atoms with van der Waals surface area (Å²) >= 11 is 5.05. The van der Waals surface area contributed by atoms with Crippen LogP contribution in [0, 0.1) is 5.82 Å². The zero-order valence-electron chi connectivity index (χ0n) is 12.4. The van der Waals surface area contributed by atoms with Crippen LogP contribution in [0.5, 0.6) is 0 Å². The molecule has 1 aromatic carbocycles. The molecule has 2 aromatic rings. The molecule has 120 valence electrons. The van der Waals surface area contributed by atoms with E-state index in [9.17, 15) is 9.18 Å². The maximum absolute atomic E-state index is 14.0. The lowest BCUT2D eigenvalue weighted by Crippen LogP contribution is -2.33. The highest BCUT2D eigenvalue weighted by atomic mass is 79.9. The lowest BCUT2D eigenvalue weighted by molar-refractivity contribution is 0.0766. The van der Waals surface area contributed by atoms with Gasteiger partial charge in [0.15, 0.2) is 0 Å². The molecule has 0 bridgehead atoms. The van der Waals surface area contributed by atoms with Crippen LogP contribution in [0.25, 0.3) is 0 Å². The average molecular weight is 395 g/mol. The molecule has 0 saturated carbocycles. The summed E-state index contributed by atoms with van der Waals surface area (Å²) in [5.41, 5.74) is 1.31. The van der Waals surface area contributed by atoms with E-state index in [0.717, 1.165) is 22.2 Å². The molecule has 2 heterocycles. The average Bonchev–Trinajstić information content (AvgIpc) is 2.80. The zero-order valence-corrected chi connectivity index (χ0v) is 14.8. The summed E-state index contributed by atoms with van der Waals surface area (Å²) in [6.07, 6.45) is 3.99. The van der Waals surface area contributed by atoms with Gasteiger partial charge >= 0.3 is 0 Å². The van der Waals surface area contributed by atoms with Gasteiger partial charge in [0.2, 0.25) is 0 Å². The van der Waals surface area contributed by atoms with Crippen LogP contribution in [-0.4, -0.2) is 34.6 Å². The summed E-state index contributed by atoms with van der Waals surface area (Å²) in [4.78, 5) is 18.5. The Morgan fingerprint density at radius 1 is 1.30 bits per heavy atom. The molecule has 0 aliphatic carbocycles. The number of amides is 1. The van der Waals surface area contributed by atoms with Gasteiger partial charge in [-0.05, 0) is 34.5 Å². The number of hydrogen-bond acceptors (Lipinski definition) is 3. The number of pyridine rings is 1. The Bertz CT molecular complexity index is 712. The molecular formula is C17H16BrFN2OS. The van der Waals surface area contributed by atoms with Crippen molar-refractivity contribution in [3.63, 3.8) is 0 Å². The van der Waals surface area contributed by atoms with Gasteiger partial charge in [-0.2, -0.15) is 11.8 Å². The maximum atomic E-state index is 14.0. The molecule has 0 unspecified atom stereocenters. The van der Waals surface area contributed by atoms with Gasteiger partial charge in [-0.3, -0.25) is 9.78 Å². The number of carbonyl (C=O) groups excluding carboxylic acids is 1. The minimum absolute atomic E-state index is 0.0198. The SMILES string of the molecule is O=C(c1cncc(Br)c1)N1CCS[C@@H](c2ccccc2F)CC1. The molecule has 0 radical (unpaired) electrons. The van der Waals surface area contributed by atoms with Crippen LogP contribution in [-0.2, 0) is 0 Å². The second kappa shape index (κ2) is 7.45. The van der Waals surface area contributed by atoms with Gasteiger partial charge < -0.3 is 4.90 Å². The molecule has 1 fully saturated rings. The molecule has 1 saturated heterocycles. The third-order valence-electron chi connectivity index (χ3n) is 3.83. The van der Waals surface area contributed by atoms with Crippen molar-refractivity contribution in [3.05, 3.63) is 64.1 Å². The summed E-state index contributed by atoms with van der Waals surface area (Å²) in [6.45, 7) is 1.29. The fourth-order valence-electron chi connectivity index (χ4n) is 2.67. The standard InChI is InChI=1S/C17H16BrFN2OS/c18-13-9-12(10-20-11-13)17(22)21-6-5-16(23-8-7-21)14-3-1-2-4-15(14)19/h1-4,9-11,16H,5-8H2/t16-/m1/s1. The van der Waals surface area contributed by atoms with E-state index in [1.807, 2.05) is 17.0 Å². The van der Waals surface area contributed by atoms with Crippen LogP contribution < -0.4 is 0 Å². The fraction of sp³-hybridized carbons (Fsp3) is 0.294. The third-order valence-corrected chi connectivity index (χ3v) is 5.58. The summed E-state index contributed by atoms with van der Waals surface area (Å²) in [6, 6.07) is 8.68. The molecule has 1 amide bonds. The maximum Gasteiger partial charge on any atom is 0.255 e. The lowest BCUT2D eigenvalue weighted by Gasteiger charge is -2.20. The second-order valence-electron chi connectivity index (χ2n) is 5.35. The third kappa shape index (κ3) is 3.93. The number of halogens is 2. The molecule has 23 heavy (non-hydrogen) atoms. The normalized spacial score (nSPS) is 18.5. The smallest absolute Gasteiger partial charge is 0.255 e. The van der Waals surface area contributed by atoms with Crippen molar-refractivity contribution in [1.29, 1.82) is 0 Å². The van der Waals surface area contributed by atoms with E-state index in [4.69, 9.17) is 0 Å². The van der Waals surface area contributed by atoms with Crippen molar-refractivity contribution in [3.8, 4) is 0 Å². The lowest BCUT2D eigenvalue weighted by atomic mass is 10.1. The number of nitrogens with zero attached hydrogens (tertiary/aromatic N) is 2. The largest absolute Gasteiger partial charge is 0.338 e. The van der Waals surface area contributed by atoms with Crippen LogP contribution in [0.2, 0.25) is 0 Å². The fourth-order valence-corrected chi connectivity index (χ4v) is 4.29. The number of hydrogen-bond donors (Lipinski definition) is 0. The summed E-state index contributed by atoms with van der Waals surface area (Å²) in [5.74, 6) is 0.612. The van der Waals surface area contributed by atoms with Gasteiger partial charge in [0.25, 0.3) is 5.91 Å². The Morgan fingerprint density at radius 3 is 2.91 bits per heavy atom. The van der Waals surface area contributed by atoms with E-state index in [2.05, 4.69) is 20.9 Å². The van der Waals surface area contributed by atoms with Crippen LogP contribution >= 0.6 is 27.7 Å². The Labute approximate surface area is 147 Å². The highest BCUT2D eigenvalue weighted by Crippen LogP contribution is 2.35. The topological polar surface area (TPSA) is 33.2 Å². The van der Waals surface area contributed by atoms with Gasteiger partial charge in [-0.15, -0.1) is 0 Å².